The summed E-state index contributed by atoms with van der Waals surface area (Å²) in [5.74, 6) is 0.189. The lowest BCUT2D eigenvalue weighted by Gasteiger charge is -2.08. The minimum absolute atomic E-state index is 0.0383. The fourth-order valence-corrected chi connectivity index (χ4v) is 1.39. The zero-order valence-corrected chi connectivity index (χ0v) is 8.33. The van der Waals surface area contributed by atoms with E-state index in [1.54, 1.807) is 0 Å². The molecular weight excluding hydrogens is 208 g/mol. The van der Waals surface area contributed by atoms with Gasteiger partial charge in [0.1, 0.15) is 24.2 Å². The van der Waals surface area contributed by atoms with Crippen LogP contribution in [-0.2, 0) is 6.54 Å². The third kappa shape index (κ3) is 1.66. The molecule has 0 atom stereocenters. The smallest absolute Gasteiger partial charge is 0.166 e. The molecule has 2 rings (SSSR count). The summed E-state index contributed by atoms with van der Waals surface area (Å²) in [6.45, 7) is 0.0383. The molecule has 0 amide bonds. The molecule has 82 valence electrons. The molecule has 6 heteroatoms. The summed E-state index contributed by atoms with van der Waals surface area (Å²) in [5, 5.41) is 19.4. The largest absolute Gasteiger partial charge is 0.507 e. The molecule has 0 radical (unpaired) electrons. The third-order valence-electron chi connectivity index (χ3n) is 2.20. The van der Waals surface area contributed by atoms with E-state index in [0.29, 0.717) is 11.4 Å². The second kappa shape index (κ2) is 4.11. The summed E-state index contributed by atoms with van der Waals surface area (Å²) in [5.41, 5.74) is 6.12. The van der Waals surface area contributed by atoms with E-state index in [-0.39, 0.29) is 23.6 Å². The van der Waals surface area contributed by atoms with Crippen LogP contribution in [0.2, 0.25) is 0 Å². The molecule has 0 spiro atoms. The van der Waals surface area contributed by atoms with Gasteiger partial charge in [-0.25, -0.2) is 15.0 Å². The van der Waals surface area contributed by atoms with Gasteiger partial charge in [-0.2, -0.15) is 0 Å². The number of aromatic hydroxyl groups is 2. The van der Waals surface area contributed by atoms with Crippen LogP contribution in [-0.4, -0.2) is 25.2 Å². The van der Waals surface area contributed by atoms with Gasteiger partial charge in [-0.05, 0) is 12.1 Å². The van der Waals surface area contributed by atoms with E-state index >= 15 is 0 Å². The van der Waals surface area contributed by atoms with Crippen molar-refractivity contribution in [3.63, 3.8) is 0 Å². The Labute approximate surface area is 91.4 Å². The van der Waals surface area contributed by atoms with Crippen LogP contribution in [0.3, 0.4) is 0 Å². The highest BCUT2D eigenvalue weighted by Crippen LogP contribution is 2.34. The maximum absolute atomic E-state index is 9.88. The van der Waals surface area contributed by atoms with E-state index in [1.807, 2.05) is 0 Å². The predicted molar refractivity (Wildman–Crippen MR) is 56.5 cm³/mol. The molecule has 16 heavy (non-hydrogen) atoms. The number of aromatic nitrogens is 3. The highest BCUT2D eigenvalue weighted by Gasteiger charge is 2.13. The van der Waals surface area contributed by atoms with Crippen LogP contribution in [0.1, 0.15) is 5.56 Å². The van der Waals surface area contributed by atoms with Gasteiger partial charge in [-0.1, -0.05) is 0 Å². The minimum Gasteiger partial charge on any atom is -0.507 e. The highest BCUT2D eigenvalue weighted by molar-refractivity contribution is 5.68. The summed E-state index contributed by atoms with van der Waals surface area (Å²) in [4.78, 5) is 11.5. The average molecular weight is 218 g/mol. The molecule has 1 aromatic heterocycles. The number of nitrogens with two attached hydrogens (primary N) is 1. The van der Waals surface area contributed by atoms with Crippen molar-refractivity contribution in [2.45, 2.75) is 6.54 Å². The number of phenols is 2. The lowest BCUT2D eigenvalue weighted by atomic mass is 10.1. The first-order valence-electron chi connectivity index (χ1n) is 4.60. The van der Waals surface area contributed by atoms with Gasteiger partial charge in [-0.15, -0.1) is 0 Å². The Morgan fingerprint density at radius 3 is 2.44 bits per heavy atom. The Morgan fingerprint density at radius 1 is 1.12 bits per heavy atom. The van der Waals surface area contributed by atoms with Crippen LogP contribution in [0.4, 0.5) is 0 Å². The monoisotopic (exact) mass is 218 g/mol. The number of benzene rings is 1. The second-order valence-electron chi connectivity index (χ2n) is 3.13. The van der Waals surface area contributed by atoms with Gasteiger partial charge in [0.2, 0.25) is 0 Å². The average Bonchev–Trinajstić information content (AvgIpc) is 2.31. The fraction of sp³-hybridized carbons (Fsp3) is 0.100. The van der Waals surface area contributed by atoms with E-state index in [1.165, 1.54) is 24.8 Å². The normalized spacial score (nSPS) is 10.3. The van der Waals surface area contributed by atoms with E-state index in [2.05, 4.69) is 15.0 Å². The van der Waals surface area contributed by atoms with E-state index in [9.17, 15) is 10.2 Å². The fourth-order valence-electron chi connectivity index (χ4n) is 1.39. The van der Waals surface area contributed by atoms with Gasteiger partial charge in [0.05, 0.1) is 5.56 Å². The molecule has 0 saturated carbocycles. The molecule has 1 aromatic carbocycles. The lowest BCUT2D eigenvalue weighted by molar-refractivity contribution is 0.440. The Hall–Kier alpha value is -2.21. The van der Waals surface area contributed by atoms with Gasteiger partial charge < -0.3 is 15.9 Å². The Balaban J connectivity index is 2.59. The first kappa shape index (κ1) is 10.3. The maximum atomic E-state index is 9.88. The molecule has 1 heterocycles. The Morgan fingerprint density at radius 2 is 1.81 bits per heavy atom. The molecule has 6 nitrogen and oxygen atoms in total. The van der Waals surface area contributed by atoms with Crippen molar-refractivity contribution in [3.05, 3.63) is 30.4 Å². The van der Waals surface area contributed by atoms with Crippen LogP contribution in [0.5, 0.6) is 11.5 Å². The molecule has 0 fully saturated rings. The van der Waals surface area contributed by atoms with Crippen molar-refractivity contribution in [2.24, 2.45) is 5.73 Å². The molecule has 2 aromatic rings. The maximum Gasteiger partial charge on any atom is 0.166 e. The Kier molecular flexibility index (Phi) is 2.65. The molecule has 0 aliphatic heterocycles. The van der Waals surface area contributed by atoms with Gasteiger partial charge in [0.15, 0.2) is 5.82 Å². The van der Waals surface area contributed by atoms with E-state index in [0.717, 1.165) is 0 Å². The first-order chi connectivity index (χ1) is 7.74. The van der Waals surface area contributed by atoms with E-state index in [4.69, 9.17) is 5.73 Å². The number of phenolic OH excluding ortho intramolecular Hbond substituents is 2. The van der Waals surface area contributed by atoms with Crippen molar-refractivity contribution in [1.29, 1.82) is 0 Å². The van der Waals surface area contributed by atoms with Crippen LogP contribution in [0.25, 0.3) is 11.4 Å². The zero-order chi connectivity index (χ0) is 11.5. The first-order valence-corrected chi connectivity index (χ1v) is 4.60. The van der Waals surface area contributed by atoms with Gasteiger partial charge >= 0.3 is 0 Å². The standard InChI is InChI=1S/C10H10N4O2/c11-3-7-8(15)2-1-6(9(7)16)10-13-4-12-5-14-10/h1-2,4-5,15-16H,3,11H2. The summed E-state index contributed by atoms with van der Waals surface area (Å²) < 4.78 is 0. The van der Waals surface area contributed by atoms with Crippen molar-refractivity contribution >= 4 is 0 Å². The Bertz CT molecular complexity index is 502. The summed E-state index contributed by atoms with van der Waals surface area (Å²) in [6, 6.07) is 2.97. The van der Waals surface area contributed by atoms with Crippen molar-refractivity contribution in [1.82, 2.24) is 15.0 Å². The summed E-state index contributed by atoms with van der Waals surface area (Å²) >= 11 is 0. The van der Waals surface area contributed by atoms with Crippen LogP contribution in [0, 0.1) is 0 Å². The summed E-state index contributed by atoms with van der Waals surface area (Å²) in [7, 11) is 0. The summed E-state index contributed by atoms with van der Waals surface area (Å²) in [6.07, 6.45) is 2.66. The second-order valence-corrected chi connectivity index (χ2v) is 3.13. The number of hydrogen-bond donors (Lipinski definition) is 3. The van der Waals surface area contributed by atoms with Crippen LogP contribution in [0.15, 0.2) is 24.8 Å². The molecule has 0 aliphatic rings. The van der Waals surface area contributed by atoms with Crippen molar-refractivity contribution in [2.75, 3.05) is 0 Å². The predicted octanol–water partition coefficient (Wildman–Crippen LogP) is 0.408. The van der Waals surface area contributed by atoms with Gasteiger partial charge in [0, 0.05) is 12.1 Å². The van der Waals surface area contributed by atoms with E-state index < -0.39 is 0 Å². The van der Waals surface area contributed by atoms with Gasteiger partial charge in [0.25, 0.3) is 0 Å². The number of nitrogens with zero attached hydrogens (tertiary/aromatic N) is 3. The third-order valence-corrected chi connectivity index (χ3v) is 2.20. The quantitative estimate of drug-likeness (QED) is 0.674. The zero-order valence-electron chi connectivity index (χ0n) is 8.33. The van der Waals surface area contributed by atoms with Gasteiger partial charge in [-0.3, -0.25) is 0 Å². The number of rotatable bonds is 2. The van der Waals surface area contributed by atoms with Crippen molar-refractivity contribution < 1.29 is 10.2 Å². The minimum atomic E-state index is -0.103. The molecule has 0 aliphatic carbocycles. The van der Waals surface area contributed by atoms with Crippen molar-refractivity contribution in [3.8, 4) is 22.9 Å². The topological polar surface area (TPSA) is 105 Å². The molecule has 4 N–H and O–H groups in total. The van der Waals surface area contributed by atoms with Crippen LogP contribution < -0.4 is 5.73 Å². The lowest BCUT2D eigenvalue weighted by Crippen LogP contribution is -1.99. The SMILES string of the molecule is NCc1c(O)ccc(-c2ncncn2)c1O. The molecule has 0 unspecified atom stereocenters. The highest BCUT2D eigenvalue weighted by atomic mass is 16.3. The number of hydrogen-bond acceptors (Lipinski definition) is 6. The molecular formula is C10H10N4O2. The molecule has 0 bridgehead atoms. The molecule has 0 saturated heterocycles. The van der Waals surface area contributed by atoms with Crippen LogP contribution >= 0.6 is 0 Å².